The number of anilines is 1. The molecular weight excluding hydrogens is 392 g/mol. The predicted molar refractivity (Wildman–Crippen MR) is 76.1 cm³/mol. The van der Waals surface area contributed by atoms with Crippen molar-refractivity contribution in [2.24, 2.45) is 0 Å². The zero-order valence-electron chi connectivity index (χ0n) is 9.93. The average Bonchev–Trinajstić information content (AvgIpc) is 2.84. The molecule has 2 N–H and O–H groups in total. The fraction of sp³-hybridized carbons (Fsp3) is 0. The highest BCUT2D eigenvalue weighted by Crippen LogP contribution is 2.30. The van der Waals surface area contributed by atoms with Gasteiger partial charge in [-0.3, -0.25) is 4.72 Å². The van der Waals surface area contributed by atoms with E-state index in [2.05, 4.69) is 15.9 Å². The Morgan fingerprint density at radius 1 is 1.29 bits per heavy atom. The van der Waals surface area contributed by atoms with Crippen LogP contribution in [-0.2, 0) is 10.0 Å². The molecule has 2 aromatic rings. The van der Waals surface area contributed by atoms with E-state index < -0.39 is 33.3 Å². The third kappa shape index (κ3) is 3.39. The van der Waals surface area contributed by atoms with E-state index >= 15 is 0 Å². The Morgan fingerprint density at radius 2 is 1.95 bits per heavy atom. The number of nitrogens with one attached hydrogen (secondary N) is 1. The Labute approximate surface area is 130 Å². The van der Waals surface area contributed by atoms with E-state index in [-0.39, 0.29) is 14.2 Å². The van der Waals surface area contributed by atoms with Crippen molar-refractivity contribution >= 4 is 48.9 Å². The number of carboxylic acids is 1. The maximum atomic E-state index is 13.6. The number of halogens is 3. The molecule has 0 bridgehead atoms. The number of hydrogen-bond acceptors (Lipinski definition) is 4. The second kappa shape index (κ2) is 5.70. The summed E-state index contributed by atoms with van der Waals surface area (Å²) in [6.07, 6.45) is 0. The van der Waals surface area contributed by atoms with Gasteiger partial charge >= 0.3 is 5.97 Å². The number of thiophene rings is 1. The molecule has 0 saturated heterocycles. The zero-order valence-corrected chi connectivity index (χ0v) is 13.2. The molecule has 0 aliphatic rings. The van der Waals surface area contributed by atoms with Gasteiger partial charge in [0.2, 0.25) is 0 Å². The van der Waals surface area contributed by atoms with Crippen molar-refractivity contribution in [1.29, 1.82) is 0 Å². The number of benzene rings is 1. The summed E-state index contributed by atoms with van der Waals surface area (Å²) in [6.45, 7) is 0. The van der Waals surface area contributed by atoms with Crippen LogP contribution in [0.4, 0.5) is 14.5 Å². The minimum absolute atomic E-state index is 0.114. The summed E-state index contributed by atoms with van der Waals surface area (Å²) in [5.74, 6) is -3.24. The summed E-state index contributed by atoms with van der Waals surface area (Å²) < 4.78 is 52.5. The Bertz CT molecular complexity index is 796. The Kier molecular flexibility index (Phi) is 4.30. The molecule has 2 rings (SSSR count). The van der Waals surface area contributed by atoms with Crippen LogP contribution in [0, 0.1) is 11.6 Å². The number of sulfonamides is 1. The first kappa shape index (κ1) is 15.9. The molecule has 10 heteroatoms. The normalized spacial score (nSPS) is 11.4. The predicted octanol–water partition coefficient (Wildman–Crippen LogP) is 3.29. The van der Waals surface area contributed by atoms with Crippen molar-refractivity contribution in [3.8, 4) is 0 Å². The first-order valence-electron chi connectivity index (χ1n) is 5.20. The van der Waals surface area contributed by atoms with Gasteiger partial charge in [0.1, 0.15) is 10.7 Å². The number of carboxylic acid groups (broad SMARTS) is 1. The van der Waals surface area contributed by atoms with E-state index in [1.165, 1.54) is 0 Å². The van der Waals surface area contributed by atoms with Gasteiger partial charge < -0.3 is 5.11 Å². The molecule has 5 nitrogen and oxygen atoms in total. The van der Waals surface area contributed by atoms with Crippen LogP contribution in [0.2, 0.25) is 0 Å². The standard InChI is InChI=1S/C11H6BrF2NO4S2/c12-7-1-5(13)2-8(14)10(7)15-21(18,19)6-3-9(11(16)17)20-4-6/h1-4,15H,(H,16,17). The highest BCUT2D eigenvalue weighted by Gasteiger charge is 2.21. The van der Waals surface area contributed by atoms with Gasteiger partial charge in [0.05, 0.1) is 10.6 Å². The van der Waals surface area contributed by atoms with Gasteiger partial charge in [-0.2, -0.15) is 0 Å². The molecule has 0 fully saturated rings. The van der Waals surface area contributed by atoms with Crippen molar-refractivity contribution in [2.75, 3.05) is 4.72 Å². The quantitative estimate of drug-likeness (QED) is 0.828. The second-order valence-electron chi connectivity index (χ2n) is 3.80. The molecule has 21 heavy (non-hydrogen) atoms. The van der Waals surface area contributed by atoms with Crippen LogP contribution in [0.3, 0.4) is 0 Å². The zero-order chi connectivity index (χ0) is 15.8. The Balaban J connectivity index is 2.40. The third-order valence-electron chi connectivity index (χ3n) is 2.34. The number of aromatic carboxylic acids is 1. The van der Waals surface area contributed by atoms with E-state index in [1.54, 1.807) is 0 Å². The van der Waals surface area contributed by atoms with Crippen LogP contribution < -0.4 is 4.72 Å². The van der Waals surface area contributed by atoms with E-state index in [1.807, 2.05) is 4.72 Å². The average molecular weight is 398 g/mol. The lowest BCUT2D eigenvalue weighted by Crippen LogP contribution is -2.14. The van der Waals surface area contributed by atoms with Crippen LogP contribution >= 0.6 is 27.3 Å². The summed E-state index contributed by atoms with van der Waals surface area (Å²) in [4.78, 5) is 10.2. The van der Waals surface area contributed by atoms with Crippen molar-refractivity contribution in [1.82, 2.24) is 0 Å². The SMILES string of the molecule is O=C(O)c1cc(S(=O)(=O)Nc2c(F)cc(F)cc2Br)cs1. The monoisotopic (exact) mass is 397 g/mol. The van der Waals surface area contributed by atoms with Gasteiger partial charge in [0.25, 0.3) is 10.0 Å². The topological polar surface area (TPSA) is 83.5 Å². The number of hydrogen-bond donors (Lipinski definition) is 2. The van der Waals surface area contributed by atoms with Crippen LogP contribution in [0.5, 0.6) is 0 Å². The third-order valence-corrected chi connectivity index (χ3v) is 5.36. The van der Waals surface area contributed by atoms with E-state index in [4.69, 9.17) is 5.11 Å². The fourth-order valence-corrected chi connectivity index (χ4v) is 4.24. The summed E-state index contributed by atoms with van der Waals surface area (Å²) in [7, 11) is -4.18. The number of carbonyl (C=O) groups is 1. The van der Waals surface area contributed by atoms with Gasteiger partial charge in [-0.15, -0.1) is 11.3 Å². The lowest BCUT2D eigenvalue weighted by molar-refractivity contribution is 0.0702. The molecule has 112 valence electrons. The summed E-state index contributed by atoms with van der Waals surface area (Å²) in [5.41, 5.74) is -0.459. The molecule has 1 aromatic carbocycles. The summed E-state index contributed by atoms with van der Waals surface area (Å²) in [5, 5.41) is 9.87. The molecule has 0 spiro atoms. The smallest absolute Gasteiger partial charge is 0.345 e. The van der Waals surface area contributed by atoms with Gasteiger partial charge in [0, 0.05) is 15.9 Å². The Morgan fingerprint density at radius 3 is 2.48 bits per heavy atom. The first-order chi connectivity index (χ1) is 9.70. The molecular formula is C11H6BrF2NO4S2. The van der Waals surface area contributed by atoms with Crippen LogP contribution in [-0.4, -0.2) is 19.5 Å². The molecule has 0 atom stereocenters. The van der Waals surface area contributed by atoms with E-state index in [0.29, 0.717) is 6.07 Å². The van der Waals surface area contributed by atoms with Gasteiger partial charge in [-0.05, 0) is 28.1 Å². The Hall–Kier alpha value is -1.52. The molecule has 0 aliphatic heterocycles. The molecule has 0 unspecified atom stereocenters. The number of rotatable bonds is 4. The van der Waals surface area contributed by atoms with Crippen LogP contribution in [0.1, 0.15) is 9.67 Å². The lowest BCUT2D eigenvalue weighted by Gasteiger charge is -2.09. The first-order valence-corrected chi connectivity index (χ1v) is 8.35. The lowest BCUT2D eigenvalue weighted by atomic mass is 10.3. The maximum absolute atomic E-state index is 13.6. The van der Waals surface area contributed by atoms with Gasteiger partial charge in [-0.25, -0.2) is 22.0 Å². The minimum Gasteiger partial charge on any atom is -0.477 e. The minimum atomic E-state index is -4.18. The summed E-state index contributed by atoms with van der Waals surface area (Å²) >= 11 is 3.57. The van der Waals surface area contributed by atoms with Gasteiger partial charge in [0.15, 0.2) is 5.82 Å². The molecule has 0 radical (unpaired) electrons. The summed E-state index contributed by atoms with van der Waals surface area (Å²) in [6, 6.07) is 2.38. The highest BCUT2D eigenvalue weighted by molar-refractivity contribution is 9.10. The second-order valence-corrected chi connectivity index (χ2v) is 7.25. The van der Waals surface area contributed by atoms with Crippen molar-refractivity contribution in [2.45, 2.75) is 4.90 Å². The van der Waals surface area contributed by atoms with Crippen LogP contribution in [0.25, 0.3) is 0 Å². The van der Waals surface area contributed by atoms with E-state index in [9.17, 15) is 22.0 Å². The fourth-order valence-electron chi connectivity index (χ4n) is 1.40. The molecule has 0 aliphatic carbocycles. The van der Waals surface area contributed by atoms with E-state index in [0.717, 1.165) is 28.8 Å². The van der Waals surface area contributed by atoms with Crippen LogP contribution in [0.15, 0.2) is 32.9 Å². The van der Waals surface area contributed by atoms with Crippen molar-refractivity contribution in [3.05, 3.63) is 44.6 Å². The molecule has 0 amide bonds. The maximum Gasteiger partial charge on any atom is 0.345 e. The van der Waals surface area contributed by atoms with Crippen molar-refractivity contribution in [3.63, 3.8) is 0 Å². The molecule has 1 aromatic heterocycles. The molecule has 1 heterocycles. The van der Waals surface area contributed by atoms with Crippen molar-refractivity contribution < 1.29 is 27.1 Å². The largest absolute Gasteiger partial charge is 0.477 e. The molecule has 0 saturated carbocycles. The van der Waals surface area contributed by atoms with Gasteiger partial charge in [-0.1, -0.05) is 0 Å². The highest BCUT2D eigenvalue weighted by atomic mass is 79.9.